The Balaban J connectivity index is 1.38. The summed E-state index contributed by atoms with van der Waals surface area (Å²) >= 11 is 0. The first-order valence-corrected chi connectivity index (χ1v) is 13.7. The van der Waals surface area contributed by atoms with Crippen LogP contribution in [0.2, 0.25) is 0 Å². The van der Waals surface area contributed by atoms with Crippen LogP contribution in [-0.4, -0.2) is 68.1 Å². The number of carbonyl (C=O) groups excluding carboxylic acids is 2. The number of hydrogen-bond acceptors (Lipinski definition) is 5. The Morgan fingerprint density at radius 3 is 2.38 bits per heavy atom. The molecule has 3 heterocycles. The molecule has 3 aromatic rings. The van der Waals surface area contributed by atoms with Gasteiger partial charge in [-0.1, -0.05) is 30.3 Å². The summed E-state index contributed by atoms with van der Waals surface area (Å²) in [5.74, 6) is 0.835. The highest BCUT2D eigenvalue weighted by atomic mass is 16.5. The number of piperazine rings is 1. The number of aryl methyl sites for hydroxylation is 1. The average molecular weight is 526 g/mol. The Morgan fingerprint density at radius 2 is 1.64 bits per heavy atom. The number of methoxy groups -OCH3 is 2. The molecule has 2 amide bonds. The third kappa shape index (κ3) is 4.20. The maximum atomic E-state index is 14.5. The Hall–Kier alpha value is -4.00. The normalized spacial score (nSPS) is 22.1. The molecule has 202 valence electrons. The second-order valence-electron chi connectivity index (χ2n) is 10.8. The van der Waals surface area contributed by atoms with E-state index in [0.717, 1.165) is 23.2 Å². The van der Waals surface area contributed by atoms with Crippen LogP contribution in [0.4, 0.5) is 5.69 Å². The lowest BCUT2D eigenvalue weighted by Gasteiger charge is -2.48. The fraction of sp³-hybridized carbons (Fsp3) is 0.375. The van der Waals surface area contributed by atoms with E-state index >= 15 is 0 Å². The number of nitrogens with zero attached hydrogens (tertiary/aromatic N) is 3. The number of fused-ring (bicyclic) bond motifs is 4. The Labute approximate surface area is 229 Å². The number of hydrogen-bond donors (Lipinski definition) is 0. The molecular weight excluding hydrogens is 490 g/mol. The van der Waals surface area contributed by atoms with E-state index < -0.39 is 12.0 Å². The SMILES string of the molecule is COc1cc2c(cc1OC)[C@@H]1[C@@H](C(=O)N3CCN(c4cccc(C)c4)[C@H](C)C3)c3ccccc3C(=O)N1CC2. The van der Waals surface area contributed by atoms with E-state index in [1.807, 2.05) is 46.2 Å². The van der Waals surface area contributed by atoms with Crippen molar-refractivity contribution in [3.8, 4) is 11.5 Å². The first-order valence-electron chi connectivity index (χ1n) is 13.7. The quantitative estimate of drug-likeness (QED) is 0.499. The molecule has 7 heteroatoms. The van der Waals surface area contributed by atoms with Gasteiger partial charge in [0.25, 0.3) is 5.91 Å². The molecule has 6 rings (SSSR count). The van der Waals surface area contributed by atoms with Crippen molar-refractivity contribution < 1.29 is 19.1 Å². The van der Waals surface area contributed by atoms with Gasteiger partial charge in [0, 0.05) is 43.5 Å². The fourth-order valence-electron chi connectivity index (χ4n) is 6.66. The molecule has 3 aromatic carbocycles. The van der Waals surface area contributed by atoms with Crippen LogP contribution >= 0.6 is 0 Å². The predicted octanol–water partition coefficient (Wildman–Crippen LogP) is 4.59. The summed E-state index contributed by atoms with van der Waals surface area (Å²) in [5.41, 5.74) is 5.91. The zero-order chi connectivity index (χ0) is 27.3. The van der Waals surface area contributed by atoms with E-state index in [1.165, 1.54) is 11.3 Å². The lowest BCUT2D eigenvalue weighted by atomic mass is 9.75. The number of ether oxygens (including phenoxy) is 2. The molecule has 0 N–H and O–H groups in total. The summed E-state index contributed by atoms with van der Waals surface area (Å²) < 4.78 is 11.2. The summed E-state index contributed by atoms with van der Waals surface area (Å²) in [4.78, 5) is 34.5. The van der Waals surface area contributed by atoms with Crippen LogP contribution in [0.3, 0.4) is 0 Å². The van der Waals surface area contributed by atoms with Crippen molar-refractivity contribution in [3.63, 3.8) is 0 Å². The second kappa shape index (κ2) is 9.95. The van der Waals surface area contributed by atoms with Gasteiger partial charge in [-0.3, -0.25) is 9.59 Å². The van der Waals surface area contributed by atoms with Crippen molar-refractivity contribution in [2.24, 2.45) is 0 Å². The number of rotatable bonds is 4. The van der Waals surface area contributed by atoms with Gasteiger partial charge in [0.1, 0.15) is 0 Å². The van der Waals surface area contributed by atoms with Crippen molar-refractivity contribution in [1.82, 2.24) is 9.80 Å². The summed E-state index contributed by atoms with van der Waals surface area (Å²) in [6.45, 7) is 6.87. The molecule has 3 aliphatic heterocycles. The molecule has 3 atom stereocenters. The van der Waals surface area contributed by atoms with Gasteiger partial charge in [-0.2, -0.15) is 0 Å². The lowest BCUT2D eigenvalue weighted by molar-refractivity contribution is -0.135. The maximum Gasteiger partial charge on any atom is 0.254 e. The number of benzene rings is 3. The molecule has 0 saturated carbocycles. The van der Waals surface area contributed by atoms with E-state index in [9.17, 15) is 9.59 Å². The zero-order valence-electron chi connectivity index (χ0n) is 23.0. The zero-order valence-corrected chi connectivity index (χ0v) is 23.0. The highest BCUT2D eigenvalue weighted by molar-refractivity contribution is 6.01. The molecule has 0 spiro atoms. The van der Waals surface area contributed by atoms with Gasteiger partial charge in [-0.05, 0) is 72.9 Å². The first-order chi connectivity index (χ1) is 18.9. The number of anilines is 1. The van der Waals surface area contributed by atoms with Gasteiger partial charge >= 0.3 is 0 Å². The minimum atomic E-state index is -0.492. The molecule has 1 fully saturated rings. The standard InChI is InChI=1S/C32H35N3O4/c1-20-8-7-9-23(16-20)34-15-14-33(19-21(34)2)32(37)29-24-10-5-6-11-25(24)31(36)35-13-12-22-17-27(38-3)28(39-4)18-26(22)30(29)35/h5-11,16-18,21,29-30H,12-15,19H2,1-4H3/t21-,29+,30-/m1/s1. The highest BCUT2D eigenvalue weighted by Crippen LogP contribution is 2.49. The third-order valence-electron chi connectivity index (χ3n) is 8.56. The summed E-state index contributed by atoms with van der Waals surface area (Å²) in [7, 11) is 3.24. The van der Waals surface area contributed by atoms with Gasteiger partial charge in [-0.15, -0.1) is 0 Å². The van der Waals surface area contributed by atoms with Crippen LogP contribution < -0.4 is 14.4 Å². The molecular formula is C32H35N3O4. The van der Waals surface area contributed by atoms with Gasteiger partial charge in [0.15, 0.2) is 11.5 Å². The molecule has 1 saturated heterocycles. The Kier molecular flexibility index (Phi) is 6.45. The van der Waals surface area contributed by atoms with E-state index in [4.69, 9.17) is 9.47 Å². The second-order valence-corrected chi connectivity index (χ2v) is 10.8. The topological polar surface area (TPSA) is 62.3 Å². The lowest BCUT2D eigenvalue weighted by Crippen LogP contribution is -2.57. The summed E-state index contributed by atoms with van der Waals surface area (Å²) in [6, 6.07) is 19.9. The smallest absolute Gasteiger partial charge is 0.254 e. The summed E-state index contributed by atoms with van der Waals surface area (Å²) in [6.07, 6.45) is 0.702. The van der Waals surface area contributed by atoms with Crippen LogP contribution in [-0.2, 0) is 11.2 Å². The minimum absolute atomic E-state index is 0.0160. The van der Waals surface area contributed by atoms with Crippen LogP contribution in [0.1, 0.15) is 51.5 Å². The van der Waals surface area contributed by atoms with Crippen LogP contribution in [0.15, 0.2) is 60.7 Å². The molecule has 0 aromatic heterocycles. The monoisotopic (exact) mass is 525 g/mol. The molecule has 0 unspecified atom stereocenters. The van der Waals surface area contributed by atoms with Crippen molar-refractivity contribution in [2.75, 3.05) is 45.3 Å². The molecule has 39 heavy (non-hydrogen) atoms. The Bertz CT molecular complexity index is 1440. The number of carbonyl (C=O) groups is 2. The molecule has 0 bridgehead atoms. The molecule has 3 aliphatic rings. The van der Waals surface area contributed by atoms with E-state index in [0.29, 0.717) is 43.1 Å². The van der Waals surface area contributed by atoms with E-state index in [2.05, 4.69) is 43.0 Å². The summed E-state index contributed by atoms with van der Waals surface area (Å²) in [5, 5.41) is 0. The molecule has 0 aliphatic carbocycles. The molecule has 7 nitrogen and oxygen atoms in total. The van der Waals surface area contributed by atoms with Crippen molar-refractivity contribution in [2.45, 2.75) is 38.3 Å². The minimum Gasteiger partial charge on any atom is -0.493 e. The van der Waals surface area contributed by atoms with Crippen molar-refractivity contribution in [3.05, 3.63) is 88.5 Å². The van der Waals surface area contributed by atoms with Crippen LogP contribution in [0.25, 0.3) is 0 Å². The van der Waals surface area contributed by atoms with Crippen molar-refractivity contribution >= 4 is 17.5 Å². The number of amides is 2. The maximum absolute atomic E-state index is 14.5. The van der Waals surface area contributed by atoms with Crippen LogP contribution in [0.5, 0.6) is 11.5 Å². The predicted molar refractivity (Wildman–Crippen MR) is 151 cm³/mol. The van der Waals surface area contributed by atoms with Crippen LogP contribution in [0, 0.1) is 6.92 Å². The Morgan fingerprint density at radius 1 is 0.872 bits per heavy atom. The van der Waals surface area contributed by atoms with Gasteiger partial charge in [-0.25, -0.2) is 0 Å². The van der Waals surface area contributed by atoms with Gasteiger partial charge < -0.3 is 24.2 Å². The van der Waals surface area contributed by atoms with E-state index in [1.54, 1.807) is 14.2 Å². The van der Waals surface area contributed by atoms with Gasteiger partial charge in [0.05, 0.1) is 26.2 Å². The van der Waals surface area contributed by atoms with Gasteiger partial charge in [0.2, 0.25) is 5.91 Å². The van der Waals surface area contributed by atoms with E-state index in [-0.39, 0.29) is 17.9 Å². The average Bonchev–Trinajstić information content (AvgIpc) is 2.96. The largest absolute Gasteiger partial charge is 0.493 e. The molecule has 0 radical (unpaired) electrons. The highest BCUT2D eigenvalue weighted by Gasteiger charge is 2.48. The first kappa shape index (κ1) is 25.3. The van der Waals surface area contributed by atoms with Crippen molar-refractivity contribution in [1.29, 1.82) is 0 Å². The third-order valence-corrected chi connectivity index (χ3v) is 8.56. The fourth-order valence-corrected chi connectivity index (χ4v) is 6.66.